The second-order valence-corrected chi connectivity index (χ2v) is 7.90. The Bertz CT molecular complexity index is 997. The molecular formula is C26H27NO5. The number of cyclic esters (lactones) is 1. The molecule has 3 rings (SSSR count). The Morgan fingerprint density at radius 1 is 1.12 bits per heavy atom. The number of amides is 2. The normalized spacial score (nSPS) is 17.3. The SMILES string of the molecule is C/C(=C\OC(=O)c1ccccc1)C[C@H](C)/C=C/C(=O)N1C(=O)OC[C@@H]1Cc1ccccc1. The van der Waals surface area contributed by atoms with Crippen molar-refractivity contribution in [2.75, 3.05) is 6.61 Å². The van der Waals surface area contributed by atoms with E-state index in [1.165, 1.54) is 17.2 Å². The predicted octanol–water partition coefficient (Wildman–Crippen LogP) is 4.92. The van der Waals surface area contributed by atoms with E-state index in [0.29, 0.717) is 18.4 Å². The van der Waals surface area contributed by atoms with Crippen molar-refractivity contribution in [2.45, 2.75) is 32.7 Å². The number of benzene rings is 2. The highest BCUT2D eigenvalue weighted by molar-refractivity contribution is 5.99. The van der Waals surface area contributed by atoms with Crippen LogP contribution in [-0.4, -0.2) is 35.5 Å². The molecule has 6 nitrogen and oxygen atoms in total. The van der Waals surface area contributed by atoms with E-state index in [2.05, 4.69) is 0 Å². The molecule has 2 aromatic carbocycles. The van der Waals surface area contributed by atoms with Crippen LogP contribution in [0, 0.1) is 5.92 Å². The summed E-state index contributed by atoms with van der Waals surface area (Å²) in [6.07, 6.45) is 5.15. The van der Waals surface area contributed by atoms with E-state index in [4.69, 9.17) is 9.47 Å². The minimum absolute atomic E-state index is 0.0109. The molecule has 2 aromatic rings. The number of hydrogen-bond donors (Lipinski definition) is 0. The molecule has 1 heterocycles. The second-order valence-electron chi connectivity index (χ2n) is 7.90. The molecule has 0 aliphatic carbocycles. The van der Waals surface area contributed by atoms with Crippen LogP contribution in [0.4, 0.5) is 4.79 Å². The zero-order valence-electron chi connectivity index (χ0n) is 18.3. The quantitative estimate of drug-likeness (QED) is 0.336. The van der Waals surface area contributed by atoms with Crippen LogP contribution in [0.5, 0.6) is 0 Å². The van der Waals surface area contributed by atoms with Gasteiger partial charge in [-0.3, -0.25) is 4.79 Å². The Hall–Kier alpha value is -3.67. The van der Waals surface area contributed by atoms with Crippen LogP contribution in [0.2, 0.25) is 0 Å². The topological polar surface area (TPSA) is 72.9 Å². The summed E-state index contributed by atoms with van der Waals surface area (Å²) >= 11 is 0. The van der Waals surface area contributed by atoms with Gasteiger partial charge in [0.15, 0.2) is 0 Å². The molecule has 2 amide bonds. The van der Waals surface area contributed by atoms with Gasteiger partial charge in [0.25, 0.3) is 5.91 Å². The van der Waals surface area contributed by atoms with Gasteiger partial charge in [0, 0.05) is 0 Å². The summed E-state index contributed by atoms with van der Waals surface area (Å²) in [5.74, 6) is -0.797. The Morgan fingerprint density at radius 2 is 1.78 bits per heavy atom. The van der Waals surface area contributed by atoms with Crippen molar-refractivity contribution in [3.05, 3.63) is 95.8 Å². The third-order valence-corrected chi connectivity index (χ3v) is 5.10. The first-order valence-corrected chi connectivity index (χ1v) is 10.6. The maximum Gasteiger partial charge on any atom is 0.417 e. The van der Waals surface area contributed by atoms with E-state index in [1.54, 1.807) is 30.3 Å². The second kappa shape index (κ2) is 11.1. The van der Waals surface area contributed by atoms with Crippen molar-refractivity contribution in [1.82, 2.24) is 4.90 Å². The largest absolute Gasteiger partial charge is 0.447 e. The summed E-state index contributed by atoms with van der Waals surface area (Å²) in [6, 6.07) is 18.1. The minimum atomic E-state index is -0.614. The number of carbonyl (C=O) groups excluding carboxylic acids is 3. The molecule has 0 unspecified atom stereocenters. The van der Waals surface area contributed by atoms with Crippen LogP contribution in [0.25, 0.3) is 0 Å². The summed E-state index contributed by atoms with van der Waals surface area (Å²) in [4.78, 5) is 38.0. The Kier molecular flexibility index (Phi) is 7.97. The molecule has 1 saturated heterocycles. The molecule has 1 fully saturated rings. The molecule has 1 aliphatic rings. The summed E-state index contributed by atoms with van der Waals surface area (Å²) < 4.78 is 10.3. The molecule has 32 heavy (non-hydrogen) atoms. The maximum atomic E-state index is 12.7. The third kappa shape index (κ3) is 6.41. The molecule has 0 saturated carbocycles. The monoisotopic (exact) mass is 433 g/mol. The first kappa shape index (κ1) is 23.0. The van der Waals surface area contributed by atoms with Gasteiger partial charge in [-0.1, -0.05) is 61.5 Å². The highest BCUT2D eigenvalue weighted by atomic mass is 16.6. The van der Waals surface area contributed by atoms with Crippen molar-refractivity contribution in [3.63, 3.8) is 0 Å². The van der Waals surface area contributed by atoms with Gasteiger partial charge in [0.05, 0.1) is 17.9 Å². The Morgan fingerprint density at radius 3 is 2.47 bits per heavy atom. The zero-order valence-corrected chi connectivity index (χ0v) is 18.3. The van der Waals surface area contributed by atoms with E-state index in [-0.39, 0.29) is 18.6 Å². The molecule has 0 aromatic heterocycles. The zero-order chi connectivity index (χ0) is 22.9. The number of carbonyl (C=O) groups is 3. The number of rotatable bonds is 8. The Labute approximate surface area is 188 Å². The van der Waals surface area contributed by atoms with Gasteiger partial charge in [-0.15, -0.1) is 0 Å². The molecular weight excluding hydrogens is 406 g/mol. The smallest absolute Gasteiger partial charge is 0.417 e. The van der Waals surface area contributed by atoms with Gasteiger partial charge >= 0.3 is 12.1 Å². The fourth-order valence-corrected chi connectivity index (χ4v) is 3.51. The highest BCUT2D eigenvalue weighted by Gasteiger charge is 2.36. The number of allylic oxidation sites excluding steroid dienone is 2. The van der Waals surface area contributed by atoms with Gasteiger partial charge in [-0.25, -0.2) is 14.5 Å². The fourth-order valence-electron chi connectivity index (χ4n) is 3.51. The first-order valence-electron chi connectivity index (χ1n) is 10.6. The van der Waals surface area contributed by atoms with Gasteiger partial charge < -0.3 is 9.47 Å². The average molecular weight is 434 g/mol. The maximum absolute atomic E-state index is 12.7. The molecule has 0 radical (unpaired) electrons. The highest BCUT2D eigenvalue weighted by Crippen LogP contribution is 2.19. The van der Waals surface area contributed by atoms with Crippen LogP contribution in [0.3, 0.4) is 0 Å². The van der Waals surface area contributed by atoms with Crippen LogP contribution < -0.4 is 0 Å². The van der Waals surface area contributed by atoms with Crippen molar-refractivity contribution in [3.8, 4) is 0 Å². The first-order chi connectivity index (χ1) is 15.4. The number of hydrogen-bond acceptors (Lipinski definition) is 5. The molecule has 1 aliphatic heterocycles. The van der Waals surface area contributed by atoms with Crippen LogP contribution in [0.15, 0.2) is 84.7 Å². The van der Waals surface area contributed by atoms with Crippen LogP contribution in [-0.2, 0) is 20.7 Å². The van der Waals surface area contributed by atoms with Crippen molar-refractivity contribution in [1.29, 1.82) is 0 Å². The molecule has 0 bridgehead atoms. The fraction of sp³-hybridized carbons (Fsp3) is 0.269. The standard InChI is InChI=1S/C26H27NO5/c1-19(15-20(2)17-31-25(29)22-11-7-4-8-12-22)13-14-24(28)27-23(18-32-26(27)30)16-21-9-5-3-6-10-21/h3-14,17,19,23H,15-16,18H2,1-2H3/b14-13+,20-17+/t19-,23+/m1/s1. The van der Waals surface area contributed by atoms with E-state index >= 15 is 0 Å². The predicted molar refractivity (Wildman–Crippen MR) is 121 cm³/mol. The third-order valence-electron chi connectivity index (χ3n) is 5.10. The lowest BCUT2D eigenvalue weighted by atomic mass is 10.0. The summed E-state index contributed by atoms with van der Waals surface area (Å²) in [6.45, 7) is 4.00. The summed E-state index contributed by atoms with van der Waals surface area (Å²) in [5, 5.41) is 0. The molecule has 0 N–H and O–H groups in total. The average Bonchev–Trinajstić information content (AvgIpc) is 3.17. The lowest BCUT2D eigenvalue weighted by Gasteiger charge is -2.18. The Balaban J connectivity index is 1.53. The van der Waals surface area contributed by atoms with Gasteiger partial charge in [-0.2, -0.15) is 0 Å². The molecule has 2 atom stereocenters. The lowest BCUT2D eigenvalue weighted by Crippen LogP contribution is -2.39. The van der Waals surface area contributed by atoms with E-state index in [1.807, 2.05) is 50.2 Å². The van der Waals surface area contributed by atoms with Gasteiger partial charge in [-0.05, 0) is 55.0 Å². The molecule has 166 valence electrons. The van der Waals surface area contributed by atoms with E-state index in [9.17, 15) is 14.4 Å². The number of esters is 1. The van der Waals surface area contributed by atoms with Gasteiger partial charge in [0.2, 0.25) is 0 Å². The van der Waals surface area contributed by atoms with Crippen molar-refractivity contribution in [2.24, 2.45) is 5.92 Å². The summed E-state index contributed by atoms with van der Waals surface area (Å²) in [7, 11) is 0. The van der Waals surface area contributed by atoms with Crippen LogP contribution in [0.1, 0.15) is 36.2 Å². The van der Waals surface area contributed by atoms with Gasteiger partial charge in [0.1, 0.15) is 6.61 Å². The number of imide groups is 1. The summed E-state index contributed by atoms with van der Waals surface area (Å²) in [5.41, 5.74) is 2.39. The number of nitrogens with zero attached hydrogens (tertiary/aromatic N) is 1. The lowest BCUT2D eigenvalue weighted by molar-refractivity contribution is -0.124. The molecule has 6 heteroatoms. The van der Waals surface area contributed by atoms with E-state index < -0.39 is 18.0 Å². The molecule has 0 spiro atoms. The van der Waals surface area contributed by atoms with Crippen molar-refractivity contribution < 1.29 is 23.9 Å². The van der Waals surface area contributed by atoms with Crippen LogP contribution >= 0.6 is 0 Å². The van der Waals surface area contributed by atoms with Crippen molar-refractivity contribution >= 4 is 18.0 Å². The van der Waals surface area contributed by atoms with E-state index in [0.717, 1.165) is 11.1 Å². The number of ether oxygens (including phenoxy) is 2. The minimum Gasteiger partial charge on any atom is -0.447 e.